The van der Waals surface area contributed by atoms with Gasteiger partial charge >= 0.3 is 5.97 Å². The normalized spacial score (nSPS) is 33.1. The molecule has 21 heavy (non-hydrogen) atoms. The minimum absolute atomic E-state index is 0.319. The summed E-state index contributed by atoms with van der Waals surface area (Å²) in [5.74, 6) is -2.89. The Morgan fingerprint density at radius 1 is 1.29 bits per heavy atom. The van der Waals surface area contributed by atoms with Crippen LogP contribution < -0.4 is 5.32 Å². The van der Waals surface area contributed by atoms with Crippen LogP contribution in [0.5, 0.6) is 0 Å². The second-order valence-electron chi connectivity index (χ2n) is 5.82. The standard InChI is InChI=1S/C16H17NO4/c1-9-3-5-10(6-4-9)17-14(18)13-12(15(19)20)11-7-8-16(13,2)21-11/h3-8,11-13H,1-2H3,(H,17,18)(H,19,20)/t11-,12+,13+,16-/m1/s1. The van der Waals surface area contributed by atoms with Crippen molar-refractivity contribution in [2.75, 3.05) is 5.32 Å². The van der Waals surface area contributed by atoms with Gasteiger partial charge in [0.25, 0.3) is 0 Å². The Morgan fingerprint density at radius 2 is 1.95 bits per heavy atom. The molecule has 4 atom stereocenters. The van der Waals surface area contributed by atoms with Crippen LogP contribution >= 0.6 is 0 Å². The van der Waals surface area contributed by atoms with E-state index in [0.717, 1.165) is 5.56 Å². The molecule has 5 heteroatoms. The van der Waals surface area contributed by atoms with Crippen molar-refractivity contribution in [3.63, 3.8) is 0 Å². The number of carboxylic acids is 1. The van der Waals surface area contributed by atoms with Gasteiger partial charge in [-0.1, -0.05) is 29.8 Å². The fraction of sp³-hybridized carbons (Fsp3) is 0.375. The Balaban J connectivity index is 1.84. The van der Waals surface area contributed by atoms with Crippen LogP contribution in [0.4, 0.5) is 5.69 Å². The fourth-order valence-corrected chi connectivity index (χ4v) is 3.14. The quantitative estimate of drug-likeness (QED) is 0.833. The van der Waals surface area contributed by atoms with Crippen molar-refractivity contribution in [3.05, 3.63) is 42.0 Å². The molecule has 0 saturated carbocycles. The molecule has 1 saturated heterocycles. The summed E-state index contributed by atoms with van der Waals surface area (Å²) in [5.41, 5.74) is 0.905. The molecule has 1 amide bonds. The minimum atomic E-state index is -1.00. The van der Waals surface area contributed by atoms with Crippen molar-refractivity contribution in [3.8, 4) is 0 Å². The highest BCUT2D eigenvalue weighted by Crippen LogP contribution is 2.47. The number of benzene rings is 1. The lowest BCUT2D eigenvalue weighted by molar-refractivity contribution is -0.146. The first-order valence-corrected chi connectivity index (χ1v) is 6.88. The molecule has 3 rings (SSSR count). The Labute approximate surface area is 122 Å². The molecule has 2 heterocycles. The molecule has 0 radical (unpaired) electrons. The highest BCUT2D eigenvalue weighted by Gasteiger charge is 2.59. The molecule has 2 N–H and O–H groups in total. The number of amides is 1. The summed E-state index contributed by atoms with van der Waals surface area (Å²) < 4.78 is 5.67. The van der Waals surface area contributed by atoms with Gasteiger partial charge in [0.2, 0.25) is 5.91 Å². The van der Waals surface area contributed by atoms with Gasteiger partial charge in [0.1, 0.15) is 5.92 Å². The predicted molar refractivity (Wildman–Crippen MR) is 76.8 cm³/mol. The van der Waals surface area contributed by atoms with E-state index in [2.05, 4.69) is 5.32 Å². The molecule has 0 aromatic heterocycles. The average Bonchev–Trinajstić information content (AvgIpc) is 2.94. The van der Waals surface area contributed by atoms with Crippen LogP contribution in [0.25, 0.3) is 0 Å². The maximum Gasteiger partial charge on any atom is 0.310 e. The minimum Gasteiger partial charge on any atom is -0.481 e. The van der Waals surface area contributed by atoms with E-state index in [4.69, 9.17) is 4.74 Å². The number of nitrogens with one attached hydrogen (secondary N) is 1. The Bertz CT molecular complexity index is 622. The molecule has 0 unspecified atom stereocenters. The highest BCUT2D eigenvalue weighted by atomic mass is 16.5. The lowest BCUT2D eigenvalue weighted by Gasteiger charge is -2.27. The maximum absolute atomic E-state index is 12.5. The van der Waals surface area contributed by atoms with Crippen LogP contribution in [-0.4, -0.2) is 28.7 Å². The molecule has 0 aliphatic carbocycles. The predicted octanol–water partition coefficient (Wildman–Crippen LogP) is 1.98. The zero-order chi connectivity index (χ0) is 15.2. The van der Waals surface area contributed by atoms with E-state index >= 15 is 0 Å². The smallest absolute Gasteiger partial charge is 0.310 e. The monoisotopic (exact) mass is 287 g/mol. The van der Waals surface area contributed by atoms with E-state index < -0.39 is 29.5 Å². The fourth-order valence-electron chi connectivity index (χ4n) is 3.14. The maximum atomic E-state index is 12.5. The van der Waals surface area contributed by atoms with Gasteiger partial charge < -0.3 is 15.2 Å². The number of aliphatic carboxylic acids is 1. The first-order chi connectivity index (χ1) is 9.90. The van der Waals surface area contributed by atoms with E-state index in [1.807, 2.05) is 19.1 Å². The number of ether oxygens (including phenoxy) is 1. The van der Waals surface area contributed by atoms with E-state index in [1.165, 1.54) is 0 Å². The topological polar surface area (TPSA) is 75.6 Å². The third kappa shape index (κ3) is 2.23. The number of rotatable bonds is 3. The number of fused-ring (bicyclic) bond motifs is 2. The van der Waals surface area contributed by atoms with Crippen LogP contribution in [-0.2, 0) is 14.3 Å². The van der Waals surface area contributed by atoms with Crippen LogP contribution in [0.3, 0.4) is 0 Å². The number of aryl methyl sites for hydroxylation is 1. The molecular formula is C16H17NO4. The molecule has 2 bridgehead atoms. The molecule has 1 fully saturated rings. The zero-order valence-corrected chi connectivity index (χ0v) is 11.9. The average molecular weight is 287 g/mol. The lowest BCUT2D eigenvalue weighted by Crippen LogP contribution is -2.44. The van der Waals surface area contributed by atoms with Gasteiger partial charge in [-0.25, -0.2) is 0 Å². The summed E-state index contributed by atoms with van der Waals surface area (Å²) in [5, 5.41) is 12.2. The number of carboxylic acid groups (broad SMARTS) is 1. The summed E-state index contributed by atoms with van der Waals surface area (Å²) in [6.07, 6.45) is 2.99. The SMILES string of the molecule is Cc1ccc(NC(=O)[C@@H]2[C@@H](C(=O)O)[C@H]3C=C[C@@]2(C)O3)cc1. The summed E-state index contributed by atoms with van der Waals surface area (Å²) in [6, 6.07) is 7.39. The second-order valence-corrected chi connectivity index (χ2v) is 5.82. The Kier molecular flexibility index (Phi) is 3.10. The van der Waals surface area contributed by atoms with Crippen molar-refractivity contribution in [1.29, 1.82) is 0 Å². The second kappa shape index (κ2) is 4.70. The number of carbonyl (C=O) groups excluding carboxylic acids is 1. The van der Waals surface area contributed by atoms with E-state index in [0.29, 0.717) is 5.69 Å². The summed E-state index contributed by atoms with van der Waals surface area (Å²) in [4.78, 5) is 24.0. The first kappa shape index (κ1) is 13.8. The van der Waals surface area contributed by atoms with Crippen LogP contribution in [0.15, 0.2) is 36.4 Å². The van der Waals surface area contributed by atoms with Gasteiger partial charge in [-0.2, -0.15) is 0 Å². The highest BCUT2D eigenvalue weighted by molar-refractivity contribution is 5.97. The van der Waals surface area contributed by atoms with Crippen molar-refractivity contribution in [1.82, 2.24) is 0 Å². The van der Waals surface area contributed by atoms with Gasteiger partial charge in [0.05, 0.1) is 17.6 Å². The molecule has 5 nitrogen and oxygen atoms in total. The number of anilines is 1. The molecule has 2 aliphatic rings. The first-order valence-electron chi connectivity index (χ1n) is 6.88. The largest absolute Gasteiger partial charge is 0.481 e. The molecule has 0 spiro atoms. The van der Waals surface area contributed by atoms with E-state index in [-0.39, 0.29) is 5.91 Å². The zero-order valence-electron chi connectivity index (χ0n) is 11.9. The van der Waals surface area contributed by atoms with Crippen molar-refractivity contribution < 1.29 is 19.4 Å². The summed E-state index contributed by atoms with van der Waals surface area (Å²) in [7, 11) is 0. The number of hydrogen-bond donors (Lipinski definition) is 2. The Morgan fingerprint density at radius 3 is 2.57 bits per heavy atom. The molecule has 2 aliphatic heterocycles. The third-order valence-electron chi connectivity index (χ3n) is 4.22. The molecule has 1 aromatic carbocycles. The van der Waals surface area contributed by atoms with Crippen molar-refractivity contribution >= 4 is 17.6 Å². The van der Waals surface area contributed by atoms with Gasteiger partial charge in [0.15, 0.2) is 0 Å². The van der Waals surface area contributed by atoms with Crippen LogP contribution in [0.1, 0.15) is 12.5 Å². The molecule has 110 valence electrons. The molecule has 1 aromatic rings. The third-order valence-corrected chi connectivity index (χ3v) is 4.22. The van der Waals surface area contributed by atoms with Gasteiger partial charge in [-0.05, 0) is 26.0 Å². The lowest BCUT2D eigenvalue weighted by atomic mass is 9.75. The van der Waals surface area contributed by atoms with Crippen molar-refractivity contribution in [2.24, 2.45) is 11.8 Å². The summed E-state index contributed by atoms with van der Waals surface area (Å²) in [6.45, 7) is 3.72. The van der Waals surface area contributed by atoms with Crippen molar-refractivity contribution in [2.45, 2.75) is 25.6 Å². The van der Waals surface area contributed by atoms with Gasteiger partial charge in [-0.3, -0.25) is 9.59 Å². The van der Waals surface area contributed by atoms with Crippen LogP contribution in [0.2, 0.25) is 0 Å². The number of carbonyl (C=O) groups is 2. The summed E-state index contributed by atoms with van der Waals surface area (Å²) >= 11 is 0. The Hall–Kier alpha value is -2.14. The van der Waals surface area contributed by atoms with E-state index in [9.17, 15) is 14.7 Å². The van der Waals surface area contributed by atoms with E-state index in [1.54, 1.807) is 31.2 Å². The van der Waals surface area contributed by atoms with Gasteiger partial charge in [0, 0.05) is 5.69 Å². The number of hydrogen-bond acceptors (Lipinski definition) is 3. The van der Waals surface area contributed by atoms with Crippen LogP contribution in [0, 0.1) is 18.8 Å². The van der Waals surface area contributed by atoms with Gasteiger partial charge in [-0.15, -0.1) is 0 Å². The molecular weight excluding hydrogens is 270 g/mol.